The first-order valence-electron chi connectivity index (χ1n) is 10.6. The van der Waals surface area contributed by atoms with Crippen LogP contribution >= 0.6 is 0 Å². The van der Waals surface area contributed by atoms with Crippen molar-refractivity contribution in [2.24, 2.45) is 0 Å². The van der Waals surface area contributed by atoms with E-state index in [9.17, 15) is 14.9 Å². The van der Waals surface area contributed by atoms with Crippen LogP contribution in [-0.4, -0.2) is 25.5 Å². The molecule has 0 fully saturated rings. The van der Waals surface area contributed by atoms with Gasteiger partial charge < -0.3 is 20.1 Å². The minimum absolute atomic E-state index is 0.0410. The van der Waals surface area contributed by atoms with Gasteiger partial charge in [0, 0.05) is 5.69 Å². The van der Waals surface area contributed by atoms with Gasteiger partial charge in [-0.1, -0.05) is 54.6 Å². The number of benzene rings is 3. The van der Waals surface area contributed by atoms with Crippen molar-refractivity contribution in [3.8, 4) is 17.6 Å². The van der Waals surface area contributed by atoms with Crippen molar-refractivity contribution in [2.75, 3.05) is 19.0 Å². The molecular formula is C27H25N3O4. The summed E-state index contributed by atoms with van der Waals surface area (Å²) in [5.41, 5.74) is 2.15. The molecule has 0 aromatic heterocycles. The molecule has 0 saturated carbocycles. The van der Waals surface area contributed by atoms with E-state index in [1.807, 2.05) is 61.5 Å². The predicted octanol–water partition coefficient (Wildman–Crippen LogP) is 4.50. The van der Waals surface area contributed by atoms with Crippen molar-refractivity contribution < 1.29 is 19.1 Å². The summed E-state index contributed by atoms with van der Waals surface area (Å²) in [6.07, 6.45) is 1.47. The maximum absolute atomic E-state index is 12.6. The molecule has 0 radical (unpaired) electrons. The van der Waals surface area contributed by atoms with Gasteiger partial charge in [0.25, 0.3) is 11.8 Å². The van der Waals surface area contributed by atoms with Gasteiger partial charge in [-0.15, -0.1) is 0 Å². The Balaban J connectivity index is 1.66. The van der Waals surface area contributed by atoms with Crippen molar-refractivity contribution in [3.63, 3.8) is 0 Å². The van der Waals surface area contributed by atoms with Crippen LogP contribution in [0.5, 0.6) is 11.5 Å². The lowest BCUT2D eigenvalue weighted by atomic mass is 10.1. The molecule has 0 aliphatic rings. The fourth-order valence-corrected chi connectivity index (χ4v) is 3.17. The number of methoxy groups -OCH3 is 1. The fraction of sp³-hybridized carbons (Fsp3) is 0.148. The summed E-state index contributed by atoms with van der Waals surface area (Å²) in [5, 5.41) is 15.1. The maximum atomic E-state index is 12.6. The van der Waals surface area contributed by atoms with Crippen LogP contribution in [0.1, 0.15) is 24.1 Å². The van der Waals surface area contributed by atoms with Crippen molar-refractivity contribution in [3.05, 3.63) is 95.6 Å². The number of ether oxygens (including phenoxy) is 2. The second kappa shape index (κ2) is 11.9. The highest BCUT2D eigenvalue weighted by Crippen LogP contribution is 2.29. The zero-order valence-electron chi connectivity index (χ0n) is 18.9. The molecule has 1 unspecified atom stereocenters. The minimum atomic E-state index is -0.476. The fourth-order valence-electron chi connectivity index (χ4n) is 3.17. The second-order valence-electron chi connectivity index (χ2n) is 7.39. The molecule has 2 amide bonds. The standard InChI is InChI=1S/C27H25N3O4/c1-19(21-9-5-3-6-10-21)29-27(32)22(17-28)15-20-13-14-24(25(16-20)33-2)34-18-26(31)30-23-11-7-4-8-12-23/h3-16,19H,18H2,1-2H3,(H,29,32)(H,30,31). The smallest absolute Gasteiger partial charge is 0.262 e. The molecule has 0 aliphatic heterocycles. The minimum Gasteiger partial charge on any atom is -0.493 e. The number of hydrogen-bond acceptors (Lipinski definition) is 5. The molecule has 7 heteroatoms. The third kappa shape index (κ3) is 6.71. The topological polar surface area (TPSA) is 100 Å². The number of carbonyl (C=O) groups is 2. The summed E-state index contributed by atoms with van der Waals surface area (Å²) in [4.78, 5) is 24.7. The van der Waals surface area contributed by atoms with E-state index < -0.39 is 5.91 Å². The highest BCUT2D eigenvalue weighted by atomic mass is 16.5. The van der Waals surface area contributed by atoms with Gasteiger partial charge in [-0.05, 0) is 48.4 Å². The molecular weight excluding hydrogens is 430 g/mol. The Morgan fingerprint density at radius 3 is 2.32 bits per heavy atom. The van der Waals surface area contributed by atoms with Crippen LogP contribution in [-0.2, 0) is 9.59 Å². The van der Waals surface area contributed by atoms with E-state index in [1.54, 1.807) is 30.3 Å². The molecule has 3 aromatic carbocycles. The monoisotopic (exact) mass is 455 g/mol. The number of nitrogens with zero attached hydrogens (tertiary/aromatic N) is 1. The third-order valence-corrected chi connectivity index (χ3v) is 4.93. The average molecular weight is 456 g/mol. The van der Waals surface area contributed by atoms with Gasteiger partial charge in [0.05, 0.1) is 13.2 Å². The van der Waals surface area contributed by atoms with Gasteiger partial charge in [-0.3, -0.25) is 9.59 Å². The molecule has 7 nitrogen and oxygen atoms in total. The lowest BCUT2D eigenvalue weighted by Gasteiger charge is -2.14. The molecule has 0 heterocycles. The van der Waals surface area contributed by atoms with Gasteiger partial charge in [-0.2, -0.15) is 5.26 Å². The molecule has 172 valence electrons. The second-order valence-corrected chi connectivity index (χ2v) is 7.39. The summed E-state index contributed by atoms with van der Waals surface area (Å²) >= 11 is 0. The molecule has 3 rings (SSSR count). The first-order valence-corrected chi connectivity index (χ1v) is 10.6. The summed E-state index contributed by atoms with van der Waals surface area (Å²) in [5.74, 6) is -0.0518. The first-order chi connectivity index (χ1) is 16.5. The molecule has 34 heavy (non-hydrogen) atoms. The van der Waals surface area contributed by atoms with E-state index in [2.05, 4.69) is 10.6 Å². The molecule has 0 saturated heterocycles. The Morgan fingerprint density at radius 2 is 1.68 bits per heavy atom. The zero-order valence-corrected chi connectivity index (χ0v) is 18.9. The first kappa shape index (κ1) is 24.1. The molecule has 0 bridgehead atoms. The largest absolute Gasteiger partial charge is 0.493 e. The van der Waals surface area contributed by atoms with Crippen LogP contribution in [0.25, 0.3) is 6.08 Å². The van der Waals surface area contributed by atoms with E-state index in [-0.39, 0.29) is 24.1 Å². The Bertz CT molecular complexity index is 1200. The lowest BCUT2D eigenvalue weighted by molar-refractivity contribution is -0.118. The number of carbonyl (C=O) groups excluding carboxylic acids is 2. The van der Waals surface area contributed by atoms with Gasteiger partial charge >= 0.3 is 0 Å². The number of amides is 2. The van der Waals surface area contributed by atoms with Crippen molar-refractivity contribution >= 4 is 23.6 Å². The summed E-state index contributed by atoms with van der Waals surface area (Å²) in [6, 6.07) is 25.2. The molecule has 1 atom stereocenters. The zero-order chi connectivity index (χ0) is 24.3. The van der Waals surface area contributed by atoms with Crippen LogP contribution < -0.4 is 20.1 Å². The maximum Gasteiger partial charge on any atom is 0.262 e. The predicted molar refractivity (Wildman–Crippen MR) is 130 cm³/mol. The highest BCUT2D eigenvalue weighted by molar-refractivity contribution is 6.02. The van der Waals surface area contributed by atoms with Gasteiger partial charge in [-0.25, -0.2) is 0 Å². The molecule has 0 spiro atoms. The van der Waals surface area contributed by atoms with Gasteiger partial charge in [0.15, 0.2) is 18.1 Å². The van der Waals surface area contributed by atoms with E-state index in [1.165, 1.54) is 13.2 Å². The highest BCUT2D eigenvalue weighted by Gasteiger charge is 2.15. The van der Waals surface area contributed by atoms with E-state index in [0.717, 1.165) is 5.56 Å². The van der Waals surface area contributed by atoms with Gasteiger partial charge in [0.2, 0.25) is 0 Å². The Kier molecular flexibility index (Phi) is 8.42. The summed E-state index contributed by atoms with van der Waals surface area (Å²) in [6.45, 7) is 1.65. The number of anilines is 1. The number of nitriles is 1. The molecule has 2 N–H and O–H groups in total. The third-order valence-electron chi connectivity index (χ3n) is 4.93. The Labute approximate surface area is 198 Å². The number of para-hydroxylation sites is 1. The van der Waals surface area contributed by atoms with Crippen molar-refractivity contribution in [1.29, 1.82) is 5.26 Å². The summed E-state index contributed by atoms with van der Waals surface area (Å²) < 4.78 is 11.0. The Hall–Kier alpha value is -4.57. The van der Waals surface area contributed by atoms with Crippen molar-refractivity contribution in [1.82, 2.24) is 5.32 Å². The van der Waals surface area contributed by atoms with E-state index in [4.69, 9.17) is 9.47 Å². The molecule has 0 aliphatic carbocycles. The van der Waals surface area contributed by atoms with E-state index in [0.29, 0.717) is 22.7 Å². The number of hydrogen-bond donors (Lipinski definition) is 2. The summed E-state index contributed by atoms with van der Waals surface area (Å²) in [7, 11) is 1.47. The van der Waals surface area contributed by atoms with Crippen LogP contribution in [0.2, 0.25) is 0 Å². The van der Waals surface area contributed by atoms with Gasteiger partial charge in [0.1, 0.15) is 11.6 Å². The lowest BCUT2D eigenvalue weighted by Crippen LogP contribution is -2.27. The van der Waals surface area contributed by atoms with Crippen LogP contribution in [0, 0.1) is 11.3 Å². The SMILES string of the molecule is COc1cc(C=C(C#N)C(=O)NC(C)c2ccccc2)ccc1OCC(=O)Nc1ccccc1. The number of rotatable bonds is 9. The van der Waals surface area contributed by atoms with Crippen LogP contribution in [0.15, 0.2) is 84.4 Å². The Morgan fingerprint density at radius 1 is 1.00 bits per heavy atom. The number of nitrogens with one attached hydrogen (secondary N) is 2. The van der Waals surface area contributed by atoms with Crippen LogP contribution in [0.4, 0.5) is 5.69 Å². The molecule has 3 aromatic rings. The normalized spacial score (nSPS) is 11.6. The van der Waals surface area contributed by atoms with Crippen LogP contribution in [0.3, 0.4) is 0 Å². The van der Waals surface area contributed by atoms with E-state index >= 15 is 0 Å². The quantitative estimate of drug-likeness (QED) is 0.366. The van der Waals surface area contributed by atoms with Crippen molar-refractivity contribution in [2.45, 2.75) is 13.0 Å². The average Bonchev–Trinajstić information content (AvgIpc) is 2.87.